The van der Waals surface area contributed by atoms with Crippen LogP contribution in [0.2, 0.25) is 15.1 Å². The zero-order chi connectivity index (χ0) is 39.6. The third kappa shape index (κ3) is 8.60. The number of hydrogen-bond donors (Lipinski definition) is 2. The highest BCUT2D eigenvalue weighted by Crippen LogP contribution is 2.40. The van der Waals surface area contributed by atoms with Crippen molar-refractivity contribution in [1.82, 2.24) is 5.32 Å². The van der Waals surface area contributed by atoms with Gasteiger partial charge in [0.05, 0.1) is 14.9 Å². The highest BCUT2D eigenvalue weighted by Gasteiger charge is 2.48. The fourth-order valence-corrected chi connectivity index (χ4v) is 8.27. The Morgan fingerprint density at radius 2 is 1.48 bits per heavy atom. The second-order valence-electron chi connectivity index (χ2n) is 14.1. The maximum atomic E-state index is 13.9. The molecule has 3 amide bonds. The van der Waals surface area contributed by atoms with Crippen LogP contribution in [0.4, 0.5) is 11.4 Å². The lowest BCUT2D eigenvalue weighted by Gasteiger charge is -2.30. The average Bonchev–Trinajstić information content (AvgIpc) is 3.45. The van der Waals surface area contributed by atoms with E-state index in [0.717, 1.165) is 23.4 Å². The number of carbonyl (C=O) groups excluding carboxylic acids is 3. The van der Waals surface area contributed by atoms with Crippen LogP contribution in [0.1, 0.15) is 75.9 Å². The molecule has 4 aromatic rings. The number of carbonyl (C=O) groups is 3. The van der Waals surface area contributed by atoms with Crippen LogP contribution >= 0.6 is 34.8 Å². The van der Waals surface area contributed by atoms with Gasteiger partial charge in [0.15, 0.2) is 22.3 Å². The van der Waals surface area contributed by atoms with Gasteiger partial charge in [-0.05, 0) is 77.8 Å². The number of nitrogens with zero attached hydrogens (tertiary/aromatic N) is 2. The molecule has 0 fully saturated rings. The van der Waals surface area contributed by atoms with Crippen LogP contribution in [0.15, 0.2) is 94.9 Å². The lowest BCUT2D eigenvalue weighted by atomic mass is 9.76. The quantitative estimate of drug-likeness (QED) is 0.147. The van der Waals surface area contributed by atoms with Gasteiger partial charge in [-0.2, -0.15) is 5.01 Å². The van der Waals surface area contributed by atoms with Crippen molar-refractivity contribution in [3.63, 3.8) is 0 Å². The van der Waals surface area contributed by atoms with Crippen molar-refractivity contribution in [2.75, 3.05) is 16.9 Å². The summed E-state index contributed by atoms with van der Waals surface area (Å²) < 4.78 is 33.8. The first-order valence-electron chi connectivity index (χ1n) is 17.2. The van der Waals surface area contributed by atoms with Crippen LogP contribution in [-0.4, -0.2) is 43.8 Å². The summed E-state index contributed by atoms with van der Waals surface area (Å²) in [6, 6.07) is 22.1. The first kappa shape index (κ1) is 40.8. The second-order valence-corrected chi connectivity index (χ2v) is 17.4. The number of hydrogen-bond acceptors (Lipinski definition) is 7. The summed E-state index contributed by atoms with van der Waals surface area (Å²) in [5, 5.41) is 8.28. The van der Waals surface area contributed by atoms with E-state index in [2.05, 4.69) is 63.3 Å². The Hall–Kier alpha value is -4.42. The Kier molecular flexibility index (Phi) is 12.2. The molecule has 1 heterocycles. The molecule has 284 valence electrons. The SMILES string of the molecule is CCC(C)(C)c1ccc(OCC(=O)Nc2cccc(C(=O)NC3=NN(c4c(Cl)cc(Cl)cc4Cl)C(=O)C3S(=O)(=O)c3ccccc3)c2)c(C(C)(C)CC)c1. The summed E-state index contributed by atoms with van der Waals surface area (Å²) in [4.78, 5) is 40.4. The maximum absolute atomic E-state index is 13.9. The van der Waals surface area contributed by atoms with Crippen molar-refractivity contribution in [3.8, 4) is 5.75 Å². The minimum absolute atomic E-state index is 0.0275. The molecule has 2 N–H and O–H groups in total. The van der Waals surface area contributed by atoms with E-state index in [1.807, 2.05) is 12.1 Å². The monoisotopic (exact) mass is 810 g/mol. The summed E-state index contributed by atoms with van der Waals surface area (Å²) in [5.41, 5.74) is 2.19. The molecule has 54 heavy (non-hydrogen) atoms. The number of hydrazone groups is 1. The molecule has 4 aromatic carbocycles. The zero-order valence-corrected chi connectivity index (χ0v) is 33.8. The van der Waals surface area contributed by atoms with Gasteiger partial charge < -0.3 is 15.4 Å². The average molecular weight is 812 g/mol. The summed E-state index contributed by atoms with van der Waals surface area (Å²) in [6.07, 6.45) is 1.82. The van der Waals surface area contributed by atoms with Crippen LogP contribution < -0.4 is 20.4 Å². The summed E-state index contributed by atoms with van der Waals surface area (Å²) in [6.45, 7) is 12.6. The molecular formula is C40H41Cl3N4O6S. The summed E-state index contributed by atoms with van der Waals surface area (Å²) in [5.74, 6) is -2.13. The van der Waals surface area contributed by atoms with E-state index in [0.29, 0.717) is 5.75 Å². The van der Waals surface area contributed by atoms with Crippen molar-refractivity contribution < 1.29 is 27.5 Å². The third-order valence-corrected chi connectivity index (χ3v) is 12.5. The van der Waals surface area contributed by atoms with Crippen LogP contribution in [0.25, 0.3) is 0 Å². The summed E-state index contributed by atoms with van der Waals surface area (Å²) in [7, 11) is -4.44. The predicted octanol–water partition coefficient (Wildman–Crippen LogP) is 8.97. The number of ether oxygens (including phenoxy) is 1. The van der Waals surface area contributed by atoms with E-state index >= 15 is 0 Å². The predicted molar refractivity (Wildman–Crippen MR) is 215 cm³/mol. The van der Waals surface area contributed by atoms with Crippen LogP contribution in [-0.2, 0) is 30.3 Å². The van der Waals surface area contributed by atoms with Gasteiger partial charge in [0, 0.05) is 21.8 Å². The van der Waals surface area contributed by atoms with Gasteiger partial charge in [-0.15, -0.1) is 5.10 Å². The molecule has 1 atom stereocenters. The molecule has 1 unspecified atom stereocenters. The van der Waals surface area contributed by atoms with E-state index in [1.165, 1.54) is 54.1 Å². The number of amidine groups is 1. The van der Waals surface area contributed by atoms with Gasteiger partial charge in [-0.25, -0.2) is 8.42 Å². The first-order chi connectivity index (χ1) is 25.4. The number of halogens is 3. The molecule has 0 saturated carbocycles. The Balaban J connectivity index is 1.37. The van der Waals surface area contributed by atoms with Gasteiger partial charge in [-0.3, -0.25) is 14.4 Å². The number of benzene rings is 4. The zero-order valence-electron chi connectivity index (χ0n) is 30.7. The number of sulfone groups is 1. The van der Waals surface area contributed by atoms with Gasteiger partial charge in [0.1, 0.15) is 11.4 Å². The molecule has 1 aliphatic heterocycles. The molecule has 0 aliphatic carbocycles. The van der Waals surface area contributed by atoms with Crippen molar-refractivity contribution in [3.05, 3.63) is 117 Å². The minimum atomic E-state index is -4.44. The smallest absolute Gasteiger partial charge is 0.274 e. The molecule has 10 nitrogen and oxygen atoms in total. The van der Waals surface area contributed by atoms with Gasteiger partial charge >= 0.3 is 0 Å². The number of nitrogens with one attached hydrogen (secondary N) is 2. The minimum Gasteiger partial charge on any atom is -0.483 e. The molecule has 5 rings (SSSR count). The standard InChI is InChI=1S/C40H41Cl3N4O6S/c1-7-39(3,4)25-17-18-32(29(20-25)40(5,6)8-2)53-23-33(48)44-27-14-12-13-24(19-27)37(49)45-36-35(54(51,52)28-15-10-9-11-16-28)38(50)47(46-36)34-30(42)21-26(41)22-31(34)43/h9-22,35H,7-8,23H2,1-6H3,(H,44,48)(H,45,46,49). The van der Waals surface area contributed by atoms with Crippen LogP contribution in [0.3, 0.4) is 0 Å². The summed E-state index contributed by atoms with van der Waals surface area (Å²) >= 11 is 18.8. The van der Waals surface area contributed by atoms with Crippen molar-refractivity contribution in [2.45, 2.75) is 75.4 Å². The highest BCUT2D eigenvalue weighted by atomic mass is 35.5. The topological polar surface area (TPSA) is 134 Å². The lowest BCUT2D eigenvalue weighted by molar-refractivity contribution is -0.118. The Morgan fingerprint density at radius 1 is 0.833 bits per heavy atom. The Morgan fingerprint density at radius 3 is 2.11 bits per heavy atom. The molecule has 14 heteroatoms. The Bertz CT molecular complexity index is 2220. The van der Waals surface area contributed by atoms with E-state index in [-0.39, 0.29) is 54.3 Å². The van der Waals surface area contributed by atoms with E-state index in [9.17, 15) is 22.8 Å². The third-order valence-electron chi connectivity index (χ3n) is 9.73. The normalized spacial score (nSPS) is 14.8. The van der Waals surface area contributed by atoms with Gasteiger partial charge in [0.25, 0.3) is 17.7 Å². The first-order valence-corrected chi connectivity index (χ1v) is 19.9. The van der Waals surface area contributed by atoms with Crippen molar-refractivity contribution in [1.29, 1.82) is 0 Å². The molecule has 1 aliphatic rings. The Labute approximate surface area is 330 Å². The maximum Gasteiger partial charge on any atom is 0.274 e. The molecule has 0 aromatic heterocycles. The van der Waals surface area contributed by atoms with Crippen LogP contribution in [0, 0.1) is 0 Å². The second kappa shape index (κ2) is 16.1. The van der Waals surface area contributed by atoms with E-state index in [1.54, 1.807) is 18.2 Å². The molecule has 0 saturated heterocycles. The largest absolute Gasteiger partial charge is 0.483 e. The van der Waals surface area contributed by atoms with Crippen LogP contribution in [0.5, 0.6) is 5.75 Å². The van der Waals surface area contributed by atoms with E-state index < -0.39 is 38.6 Å². The molecular weight excluding hydrogens is 771 g/mol. The highest BCUT2D eigenvalue weighted by molar-refractivity contribution is 7.93. The van der Waals surface area contributed by atoms with E-state index in [4.69, 9.17) is 39.5 Å². The van der Waals surface area contributed by atoms with Crippen molar-refractivity contribution in [2.24, 2.45) is 5.10 Å². The number of rotatable bonds is 12. The molecule has 0 spiro atoms. The molecule has 0 radical (unpaired) electrons. The van der Waals surface area contributed by atoms with Gasteiger partial charge in [-0.1, -0.05) is 113 Å². The van der Waals surface area contributed by atoms with Gasteiger partial charge in [0.2, 0.25) is 5.25 Å². The fraction of sp³-hybridized carbons (Fsp3) is 0.300. The fourth-order valence-electron chi connectivity index (χ4n) is 5.72. The number of amides is 3. The van der Waals surface area contributed by atoms with Crippen molar-refractivity contribution >= 4 is 79.6 Å². The number of anilines is 2. The lowest BCUT2D eigenvalue weighted by Crippen LogP contribution is -2.45. The molecule has 0 bridgehead atoms.